The molecule has 0 bridgehead atoms. The third kappa shape index (κ3) is 3.00. The first-order valence-corrected chi connectivity index (χ1v) is 6.16. The van der Waals surface area contributed by atoms with Crippen molar-refractivity contribution in [1.82, 2.24) is 0 Å². The molecule has 5 nitrogen and oxygen atoms in total. The van der Waals surface area contributed by atoms with Gasteiger partial charge in [0.2, 0.25) is 0 Å². The maximum absolute atomic E-state index is 12.0. The van der Waals surface area contributed by atoms with E-state index in [-0.39, 0.29) is 11.3 Å². The molecule has 0 unspecified atom stereocenters. The lowest BCUT2D eigenvalue weighted by Gasteiger charge is -2.08. The van der Waals surface area contributed by atoms with Gasteiger partial charge in [0.05, 0.1) is 10.5 Å². The van der Waals surface area contributed by atoms with Crippen molar-refractivity contribution < 1.29 is 14.5 Å². The highest BCUT2D eigenvalue weighted by Gasteiger charge is 2.14. The number of benzene rings is 2. The van der Waals surface area contributed by atoms with E-state index in [4.69, 9.17) is 4.74 Å². The Kier molecular flexibility index (Phi) is 4.10. The number of nitrogens with zero attached hydrogens (tertiary/aromatic N) is 1. The van der Waals surface area contributed by atoms with Crippen LogP contribution in [0.25, 0.3) is 0 Å². The second-order valence-electron chi connectivity index (χ2n) is 4.16. The summed E-state index contributed by atoms with van der Waals surface area (Å²) in [6.07, 6.45) is 0.735. The molecule has 0 amide bonds. The van der Waals surface area contributed by atoms with Crippen molar-refractivity contribution in [2.45, 2.75) is 13.3 Å². The normalized spacial score (nSPS) is 10.1. The Balaban J connectivity index is 2.24. The molecule has 0 N–H and O–H groups in total. The zero-order chi connectivity index (χ0) is 14.5. The molecule has 5 heteroatoms. The van der Waals surface area contributed by atoms with Gasteiger partial charge in [-0.2, -0.15) is 0 Å². The Morgan fingerprint density at radius 1 is 1.20 bits per heavy atom. The first kappa shape index (κ1) is 13.7. The number of non-ortho nitro benzene ring substituents is 1. The number of rotatable bonds is 4. The number of carbonyl (C=O) groups is 1. The number of esters is 1. The monoisotopic (exact) mass is 271 g/mol. The predicted molar refractivity (Wildman–Crippen MR) is 73.9 cm³/mol. The topological polar surface area (TPSA) is 69.4 Å². The maximum Gasteiger partial charge on any atom is 0.343 e. The summed E-state index contributed by atoms with van der Waals surface area (Å²) in [7, 11) is 0. The minimum absolute atomic E-state index is 0.136. The van der Waals surface area contributed by atoms with E-state index >= 15 is 0 Å². The molecule has 2 aromatic carbocycles. The van der Waals surface area contributed by atoms with Crippen LogP contribution in [0.4, 0.5) is 5.69 Å². The predicted octanol–water partition coefficient (Wildman–Crippen LogP) is 3.38. The van der Waals surface area contributed by atoms with Gasteiger partial charge in [0.15, 0.2) is 0 Å². The summed E-state index contributed by atoms with van der Waals surface area (Å²) in [5.41, 5.74) is 0.930. The van der Waals surface area contributed by atoms with Gasteiger partial charge in [-0.3, -0.25) is 10.1 Å². The Hall–Kier alpha value is -2.69. The lowest BCUT2D eigenvalue weighted by atomic mass is 10.1. The molecule has 0 aromatic heterocycles. The van der Waals surface area contributed by atoms with Crippen molar-refractivity contribution in [2.24, 2.45) is 0 Å². The van der Waals surface area contributed by atoms with Crippen LogP contribution in [-0.2, 0) is 6.42 Å². The average molecular weight is 271 g/mol. The van der Waals surface area contributed by atoms with Crippen LogP contribution in [0.2, 0.25) is 0 Å². The molecule has 0 radical (unpaired) electrons. The standard InChI is InChI=1S/C15H13NO4/c1-2-11-6-3-4-9-14(11)20-15(17)12-7-5-8-13(10-12)16(18)19/h3-10H,2H2,1H3. The van der Waals surface area contributed by atoms with Crippen molar-refractivity contribution in [3.05, 3.63) is 69.8 Å². The molecule has 0 saturated carbocycles. The van der Waals surface area contributed by atoms with E-state index in [1.165, 1.54) is 24.3 Å². The van der Waals surface area contributed by atoms with E-state index < -0.39 is 10.9 Å². The minimum atomic E-state index is -0.602. The van der Waals surface area contributed by atoms with E-state index in [0.717, 1.165) is 12.0 Å². The Morgan fingerprint density at radius 3 is 2.65 bits per heavy atom. The van der Waals surface area contributed by atoms with E-state index in [0.29, 0.717) is 5.75 Å². The van der Waals surface area contributed by atoms with E-state index in [2.05, 4.69) is 0 Å². The molecule has 0 atom stereocenters. The van der Waals surface area contributed by atoms with Crippen LogP contribution in [-0.4, -0.2) is 10.9 Å². The summed E-state index contributed by atoms with van der Waals surface area (Å²) in [4.78, 5) is 22.2. The van der Waals surface area contributed by atoms with Gasteiger partial charge in [-0.25, -0.2) is 4.79 Å². The Morgan fingerprint density at radius 2 is 1.95 bits per heavy atom. The number of carbonyl (C=O) groups excluding carboxylic acids is 1. The van der Waals surface area contributed by atoms with Crippen LogP contribution < -0.4 is 4.74 Å². The van der Waals surface area contributed by atoms with Gasteiger partial charge in [0.25, 0.3) is 5.69 Å². The van der Waals surface area contributed by atoms with Crippen LogP contribution in [0.15, 0.2) is 48.5 Å². The van der Waals surface area contributed by atoms with Crippen molar-refractivity contribution in [3.8, 4) is 5.75 Å². The molecule has 0 aliphatic heterocycles. The zero-order valence-corrected chi connectivity index (χ0v) is 10.9. The molecule has 0 fully saturated rings. The van der Waals surface area contributed by atoms with Crippen molar-refractivity contribution in [2.75, 3.05) is 0 Å². The van der Waals surface area contributed by atoms with Crippen LogP contribution in [0.3, 0.4) is 0 Å². The number of ether oxygens (including phenoxy) is 1. The quantitative estimate of drug-likeness (QED) is 0.370. The van der Waals surface area contributed by atoms with Gasteiger partial charge in [-0.15, -0.1) is 0 Å². The molecule has 2 rings (SSSR count). The number of aryl methyl sites for hydroxylation is 1. The molecule has 0 heterocycles. The molecular formula is C15H13NO4. The fraction of sp³-hybridized carbons (Fsp3) is 0.133. The van der Waals surface area contributed by atoms with Crippen molar-refractivity contribution in [3.63, 3.8) is 0 Å². The summed E-state index contributed by atoms with van der Waals surface area (Å²) in [5.74, 6) is -0.124. The maximum atomic E-state index is 12.0. The number of hydrogen-bond acceptors (Lipinski definition) is 4. The first-order chi connectivity index (χ1) is 9.61. The van der Waals surface area contributed by atoms with Gasteiger partial charge in [0.1, 0.15) is 5.75 Å². The highest BCUT2D eigenvalue weighted by atomic mass is 16.6. The third-order valence-electron chi connectivity index (χ3n) is 2.85. The lowest BCUT2D eigenvalue weighted by Crippen LogP contribution is -2.10. The molecule has 0 spiro atoms. The van der Waals surface area contributed by atoms with Gasteiger partial charge in [-0.1, -0.05) is 31.2 Å². The Bertz CT molecular complexity index is 652. The second-order valence-corrected chi connectivity index (χ2v) is 4.16. The molecule has 2 aromatic rings. The summed E-state index contributed by atoms with van der Waals surface area (Å²) in [6, 6.07) is 12.7. The number of nitro benzene ring substituents is 1. The van der Waals surface area contributed by atoms with Gasteiger partial charge in [0, 0.05) is 12.1 Å². The van der Waals surface area contributed by atoms with Crippen LogP contribution in [0.1, 0.15) is 22.8 Å². The molecule has 0 aliphatic carbocycles. The molecule has 0 saturated heterocycles. The highest BCUT2D eigenvalue weighted by Crippen LogP contribution is 2.21. The van der Waals surface area contributed by atoms with E-state index in [1.807, 2.05) is 19.1 Å². The third-order valence-corrected chi connectivity index (χ3v) is 2.85. The smallest absolute Gasteiger partial charge is 0.343 e. The second kappa shape index (κ2) is 5.97. The Labute approximate surface area is 116 Å². The highest BCUT2D eigenvalue weighted by molar-refractivity contribution is 5.91. The lowest BCUT2D eigenvalue weighted by molar-refractivity contribution is -0.384. The fourth-order valence-electron chi connectivity index (χ4n) is 1.80. The molecule has 0 aliphatic rings. The van der Waals surface area contributed by atoms with Gasteiger partial charge < -0.3 is 4.74 Å². The number of nitro groups is 1. The minimum Gasteiger partial charge on any atom is -0.423 e. The largest absolute Gasteiger partial charge is 0.423 e. The molecular weight excluding hydrogens is 258 g/mol. The van der Waals surface area contributed by atoms with Crippen LogP contribution >= 0.6 is 0 Å². The van der Waals surface area contributed by atoms with E-state index in [1.54, 1.807) is 12.1 Å². The van der Waals surface area contributed by atoms with Crippen molar-refractivity contribution >= 4 is 11.7 Å². The summed E-state index contributed by atoms with van der Waals surface area (Å²) in [5, 5.41) is 10.7. The SMILES string of the molecule is CCc1ccccc1OC(=O)c1cccc([N+](=O)[O-])c1. The molecule has 102 valence electrons. The summed E-state index contributed by atoms with van der Waals surface area (Å²) >= 11 is 0. The summed E-state index contributed by atoms with van der Waals surface area (Å²) in [6.45, 7) is 1.96. The summed E-state index contributed by atoms with van der Waals surface area (Å²) < 4.78 is 5.30. The first-order valence-electron chi connectivity index (χ1n) is 6.16. The van der Waals surface area contributed by atoms with Crippen LogP contribution in [0.5, 0.6) is 5.75 Å². The average Bonchev–Trinajstić information content (AvgIpc) is 2.48. The van der Waals surface area contributed by atoms with Crippen LogP contribution in [0, 0.1) is 10.1 Å². The van der Waals surface area contributed by atoms with Crippen molar-refractivity contribution in [1.29, 1.82) is 0 Å². The fourth-order valence-corrected chi connectivity index (χ4v) is 1.80. The van der Waals surface area contributed by atoms with Gasteiger partial charge >= 0.3 is 5.97 Å². The molecule has 20 heavy (non-hydrogen) atoms. The zero-order valence-electron chi connectivity index (χ0n) is 10.9. The van der Waals surface area contributed by atoms with E-state index in [9.17, 15) is 14.9 Å². The van der Waals surface area contributed by atoms with Gasteiger partial charge in [-0.05, 0) is 24.1 Å². The number of para-hydroxylation sites is 1. The number of hydrogen-bond donors (Lipinski definition) is 0.